The number of esters is 1. The number of sulfone groups is 1. The average Bonchev–Trinajstić information content (AvgIpc) is 3.63. The number of ether oxygens (including phenoxy) is 8. The number of aliphatic hydroxyl groups is 2. The van der Waals surface area contributed by atoms with Crippen molar-refractivity contribution in [3.05, 3.63) is 30.3 Å². The fourth-order valence-electron chi connectivity index (χ4n) is 12.5. The fourth-order valence-corrected chi connectivity index (χ4v) is 13.8. The second kappa shape index (κ2) is 25.5. The molecule has 430 valence electrons. The number of cyclic esters (lactones) is 1. The summed E-state index contributed by atoms with van der Waals surface area (Å²) < 4.78 is 80.0. The molecule has 1 aromatic carbocycles. The van der Waals surface area contributed by atoms with Crippen molar-refractivity contribution in [2.45, 2.75) is 197 Å². The molecule has 4 saturated heterocycles. The Morgan fingerprint density at radius 1 is 0.853 bits per heavy atom. The molecule has 19 nitrogen and oxygen atoms in total. The summed E-state index contributed by atoms with van der Waals surface area (Å²) in [5, 5.41) is 24.6. The second-order valence-corrected chi connectivity index (χ2v) is 25.0. The van der Waals surface area contributed by atoms with Gasteiger partial charge in [-0.1, -0.05) is 59.7 Å². The van der Waals surface area contributed by atoms with Gasteiger partial charge in [-0.05, 0) is 107 Å². The van der Waals surface area contributed by atoms with Crippen molar-refractivity contribution >= 4 is 27.7 Å². The third-order valence-electron chi connectivity index (χ3n) is 17.5. The molecule has 4 aliphatic rings. The molecule has 5 rings (SSSR count). The van der Waals surface area contributed by atoms with E-state index >= 15 is 9.59 Å². The molecule has 20 heteroatoms. The minimum Gasteiger partial charge on any atom is -0.458 e. The van der Waals surface area contributed by atoms with Crippen LogP contribution < -0.4 is 0 Å². The standard InChI is InChI=1S/C55H94N4O15S/c1-18-42-54(12)47(59(51(63)74-54)28-29-75(65,66)40-24-22-21-23-25-40)36(6)44(60)34(4)31-52(10,67-16)48(73-50-45(61)41(56(13)14)30-35(5)69-50)37(7)46(38(8)49(62)71-42)72-43-32-53(11,68-17)55(64,39(9)70-43)33-57(15)26-27-58(19-2)20-3/h21-25,34-39,41-43,45-48,50,61,64H,18-20,26-33H2,1-17H3/t34-,35-,36+,37+,38-,39+,41+,42-,43+,45-,46+,47-,48-,50+,52+,53-,54-,55-/m1/s1. The number of carbonyl (C=O) groups excluding carboxylic acids is 3. The molecule has 4 heterocycles. The molecule has 0 aliphatic carbocycles. The van der Waals surface area contributed by atoms with Crippen LogP contribution in [0.3, 0.4) is 0 Å². The van der Waals surface area contributed by atoms with Crippen LogP contribution in [0, 0.1) is 23.7 Å². The van der Waals surface area contributed by atoms with Gasteiger partial charge in [0.05, 0.1) is 52.6 Å². The predicted octanol–water partition coefficient (Wildman–Crippen LogP) is 5.03. The first kappa shape index (κ1) is 63.0. The van der Waals surface area contributed by atoms with Gasteiger partial charge >= 0.3 is 12.1 Å². The average molecular weight is 1080 g/mol. The monoisotopic (exact) mass is 1080 g/mol. The van der Waals surface area contributed by atoms with Crippen molar-refractivity contribution in [2.75, 3.05) is 80.4 Å². The zero-order valence-electron chi connectivity index (χ0n) is 48.1. The molecule has 4 aliphatic heterocycles. The van der Waals surface area contributed by atoms with Crippen LogP contribution >= 0.6 is 0 Å². The zero-order valence-corrected chi connectivity index (χ0v) is 49.0. The van der Waals surface area contributed by atoms with Crippen molar-refractivity contribution in [2.24, 2.45) is 23.7 Å². The first-order valence-electron chi connectivity index (χ1n) is 27.2. The van der Waals surface area contributed by atoms with Crippen molar-refractivity contribution < 1.29 is 70.9 Å². The molecule has 4 fully saturated rings. The van der Waals surface area contributed by atoms with E-state index in [0.29, 0.717) is 13.0 Å². The molecule has 75 heavy (non-hydrogen) atoms. The van der Waals surface area contributed by atoms with E-state index in [1.165, 1.54) is 24.1 Å². The minimum atomic E-state index is -3.89. The summed E-state index contributed by atoms with van der Waals surface area (Å²) in [6, 6.07) is 6.50. The maximum absolute atomic E-state index is 15.2. The van der Waals surface area contributed by atoms with Gasteiger partial charge in [0.15, 0.2) is 28.0 Å². The summed E-state index contributed by atoms with van der Waals surface area (Å²) in [5.74, 6) is -5.11. The molecule has 0 saturated carbocycles. The molecule has 1 aromatic rings. The number of methoxy groups -OCH3 is 2. The van der Waals surface area contributed by atoms with E-state index in [1.807, 2.05) is 53.7 Å². The lowest BCUT2D eigenvalue weighted by Gasteiger charge is -2.54. The van der Waals surface area contributed by atoms with E-state index in [2.05, 4.69) is 23.6 Å². The van der Waals surface area contributed by atoms with Crippen LogP contribution in [0.4, 0.5) is 4.79 Å². The van der Waals surface area contributed by atoms with E-state index in [4.69, 9.17) is 37.9 Å². The summed E-state index contributed by atoms with van der Waals surface area (Å²) in [6.07, 6.45) is -7.87. The van der Waals surface area contributed by atoms with E-state index in [1.54, 1.807) is 66.9 Å². The number of Topliss-reactive ketones (excluding diaryl/α,β-unsaturated/α-hetero) is 1. The van der Waals surface area contributed by atoms with Crippen molar-refractivity contribution in [3.63, 3.8) is 0 Å². The molecule has 2 N–H and O–H groups in total. The van der Waals surface area contributed by atoms with Crippen molar-refractivity contribution in [1.82, 2.24) is 19.6 Å². The Balaban J connectivity index is 1.62. The number of amides is 1. The van der Waals surface area contributed by atoms with Crippen LogP contribution in [0.25, 0.3) is 0 Å². The molecule has 0 aromatic heterocycles. The molecule has 0 bridgehead atoms. The number of hydrogen-bond acceptors (Lipinski definition) is 18. The number of likely N-dealkylation sites (N-methyl/N-ethyl adjacent to an activating group) is 3. The van der Waals surface area contributed by atoms with E-state index < -0.39 is 123 Å². The molecule has 0 unspecified atom stereocenters. The van der Waals surface area contributed by atoms with Crippen molar-refractivity contribution in [3.8, 4) is 0 Å². The van der Waals surface area contributed by atoms with Gasteiger partial charge < -0.3 is 62.8 Å². The Kier molecular flexibility index (Phi) is 21.4. The van der Waals surface area contributed by atoms with Crippen molar-refractivity contribution in [1.29, 1.82) is 0 Å². The summed E-state index contributed by atoms with van der Waals surface area (Å²) in [6.45, 7) is 25.2. The van der Waals surface area contributed by atoms with Gasteiger partial charge in [0.2, 0.25) is 0 Å². The summed E-state index contributed by atoms with van der Waals surface area (Å²) >= 11 is 0. The van der Waals surface area contributed by atoms with Gasteiger partial charge in [-0.15, -0.1) is 0 Å². The van der Waals surface area contributed by atoms with Crippen LogP contribution in [-0.4, -0.2) is 220 Å². The predicted molar refractivity (Wildman–Crippen MR) is 283 cm³/mol. The Bertz CT molecular complexity index is 2160. The van der Waals surface area contributed by atoms with Gasteiger partial charge in [-0.2, -0.15) is 0 Å². The highest BCUT2D eigenvalue weighted by Gasteiger charge is 2.62. The lowest BCUT2D eigenvalue weighted by molar-refractivity contribution is -0.339. The highest BCUT2D eigenvalue weighted by atomic mass is 32.2. The van der Waals surface area contributed by atoms with Gasteiger partial charge in [-0.25, -0.2) is 13.2 Å². The number of carbonyl (C=O) groups is 3. The summed E-state index contributed by atoms with van der Waals surface area (Å²) in [4.78, 5) is 52.2. The normalized spacial score (nSPS) is 39.7. The molecular formula is C55H94N4O15S. The lowest BCUT2D eigenvalue weighted by Crippen LogP contribution is -2.70. The van der Waals surface area contributed by atoms with Gasteiger partial charge in [-0.3, -0.25) is 14.5 Å². The van der Waals surface area contributed by atoms with Crippen LogP contribution in [0.1, 0.15) is 109 Å². The van der Waals surface area contributed by atoms with Crippen LogP contribution in [-0.2, 0) is 57.3 Å². The summed E-state index contributed by atoms with van der Waals surface area (Å²) in [7, 11) is 4.88. The van der Waals surface area contributed by atoms with E-state index in [0.717, 1.165) is 19.6 Å². The number of benzene rings is 1. The number of fused-ring (bicyclic) bond motifs is 1. The van der Waals surface area contributed by atoms with Crippen LogP contribution in [0.5, 0.6) is 0 Å². The first-order chi connectivity index (χ1) is 35.0. The molecule has 1 amide bonds. The maximum Gasteiger partial charge on any atom is 0.410 e. The van der Waals surface area contributed by atoms with Gasteiger partial charge in [0.25, 0.3) is 0 Å². The number of hydrogen-bond donors (Lipinski definition) is 2. The van der Waals surface area contributed by atoms with Crippen LogP contribution in [0.2, 0.25) is 0 Å². The molecule has 18 atom stereocenters. The smallest absolute Gasteiger partial charge is 0.410 e. The Morgan fingerprint density at radius 2 is 1.49 bits per heavy atom. The maximum atomic E-state index is 15.2. The SMILES string of the molecule is CC[C@H]1OC(=O)[C@H](C)[C@@H](O[C@H]2C[C@@](C)(OC)[C@@](O)(CN(C)CCN(CC)CC)[C@H](C)O2)[C@H](C)[C@@H](O[C@@H]2O[C@H](C)C[C@H](N(C)C)[C@H]2O)[C@@](C)(OC)C[C@@H](C)C(=O)[C@H](C)[C@H]2N(CCS(=O)(=O)c3ccccc3)C(=O)O[C@]12C. The number of ketones is 1. The first-order valence-corrected chi connectivity index (χ1v) is 28.9. The van der Waals surface area contributed by atoms with Gasteiger partial charge in [0, 0.05) is 70.6 Å². The Hall–Kier alpha value is -2.86. The number of nitrogens with zero attached hydrogens (tertiary/aromatic N) is 4. The molecular weight excluding hydrogens is 989 g/mol. The Morgan fingerprint density at radius 3 is 2.07 bits per heavy atom. The summed E-state index contributed by atoms with van der Waals surface area (Å²) in [5.41, 5.74) is -5.72. The highest BCUT2D eigenvalue weighted by molar-refractivity contribution is 7.91. The largest absolute Gasteiger partial charge is 0.458 e. The molecule has 0 radical (unpaired) electrons. The van der Waals surface area contributed by atoms with E-state index in [9.17, 15) is 23.4 Å². The second-order valence-electron chi connectivity index (χ2n) is 22.9. The molecule has 0 spiro atoms. The fraction of sp³-hybridized carbons (Fsp3) is 0.836. The third kappa shape index (κ3) is 13.4. The third-order valence-corrected chi connectivity index (χ3v) is 19.2. The minimum absolute atomic E-state index is 0.0469. The lowest BCUT2D eigenvalue weighted by atomic mass is 9.73. The quantitative estimate of drug-likeness (QED) is 0.174. The van der Waals surface area contributed by atoms with Crippen LogP contribution in [0.15, 0.2) is 35.2 Å². The Labute approximate surface area is 448 Å². The highest BCUT2D eigenvalue weighted by Crippen LogP contribution is 2.46. The number of rotatable bonds is 19. The van der Waals surface area contributed by atoms with E-state index in [-0.39, 0.29) is 55.2 Å². The zero-order chi connectivity index (χ0) is 56.2. The number of aliphatic hydroxyl groups excluding tert-OH is 1. The van der Waals surface area contributed by atoms with Gasteiger partial charge in [0.1, 0.15) is 29.2 Å². The topological polar surface area (TPSA) is 213 Å².